The fraction of sp³-hybridized carbons (Fsp3) is 0.333. The highest BCUT2D eigenvalue weighted by Gasteiger charge is 2.31. The van der Waals surface area contributed by atoms with Crippen molar-refractivity contribution < 1.29 is 26.4 Å². The molecule has 3 aromatic rings. The smallest absolute Gasteiger partial charge is 0.350 e. The molecule has 1 saturated heterocycles. The summed E-state index contributed by atoms with van der Waals surface area (Å²) < 4.78 is 63.4. The molecule has 4 rings (SSSR count). The van der Waals surface area contributed by atoms with Crippen molar-refractivity contribution in [2.24, 2.45) is 5.92 Å². The van der Waals surface area contributed by atoms with Crippen molar-refractivity contribution in [3.05, 3.63) is 47.1 Å². The van der Waals surface area contributed by atoms with Gasteiger partial charge >= 0.3 is 6.18 Å². The Labute approximate surface area is 168 Å². The van der Waals surface area contributed by atoms with Crippen LogP contribution < -0.4 is 5.32 Å². The molecule has 0 aliphatic carbocycles. The molecule has 2 aromatic heterocycles. The van der Waals surface area contributed by atoms with Crippen LogP contribution in [0.5, 0.6) is 0 Å². The zero-order valence-electron chi connectivity index (χ0n) is 14.9. The second-order valence-electron chi connectivity index (χ2n) is 6.96. The molecule has 0 radical (unpaired) electrons. The molecule has 0 unspecified atom stereocenters. The highest BCUT2D eigenvalue weighted by molar-refractivity contribution is 7.91. The number of nitrogens with one attached hydrogen (secondary N) is 1. The van der Waals surface area contributed by atoms with Gasteiger partial charge in [0.25, 0.3) is 5.91 Å². The van der Waals surface area contributed by atoms with Crippen molar-refractivity contribution in [1.29, 1.82) is 0 Å². The average Bonchev–Trinajstić information content (AvgIpc) is 3.32. The summed E-state index contributed by atoms with van der Waals surface area (Å²) in [6, 6.07) is 4.85. The van der Waals surface area contributed by atoms with Crippen LogP contribution in [0.4, 0.5) is 13.2 Å². The summed E-state index contributed by atoms with van der Waals surface area (Å²) in [5, 5.41) is 4.35. The lowest BCUT2D eigenvalue weighted by Crippen LogP contribution is -2.30. The van der Waals surface area contributed by atoms with Crippen LogP contribution in [-0.4, -0.2) is 41.8 Å². The van der Waals surface area contributed by atoms with E-state index in [2.05, 4.69) is 10.3 Å². The third-order valence-corrected chi connectivity index (χ3v) is 7.48. The van der Waals surface area contributed by atoms with Crippen molar-refractivity contribution >= 4 is 32.0 Å². The van der Waals surface area contributed by atoms with Crippen LogP contribution in [0.15, 0.2) is 35.8 Å². The summed E-state index contributed by atoms with van der Waals surface area (Å²) in [6.45, 7) is 0.255. The van der Waals surface area contributed by atoms with Gasteiger partial charge in [-0.05, 0) is 24.5 Å². The monoisotopic (exact) mass is 443 g/mol. The van der Waals surface area contributed by atoms with Crippen LogP contribution in [0.3, 0.4) is 0 Å². The summed E-state index contributed by atoms with van der Waals surface area (Å²) in [6.07, 6.45) is -2.41. The summed E-state index contributed by atoms with van der Waals surface area (Å²) in [4.78, 5) is 17.3. The number of hydrogen-bond acceptors (Lipinski definition) is 5. The quantitative estimate of drug-likeness (QED) is 0.671. The molecule has 1 aliphatic rings. The minimum Gasteiger partial charge on any atom is -0.350 e. The standard InChI is InChI=1S/C18H16F3N3O3S2/c19-18(20,21)13-3-1-2-12(6-13)14-8-24-15(9-28-17(24)23-14)16(25)22-7-11-4-5-29(26,27)10-11/h1-3,6,8-9,11H,4-5,7,10H2,(H,22,25)/t11-/m0/s1. The van der Waals surface area contributed by atoms with Gasteiger partial charge in [0.1, 0.15) is 5.69 Å². The summed E-state index contributed by atoms with van der Waals surface area (Å²) in [5.74, 6) is -0.287. The molecule has 154 valence electrons. The van der Waals surface area contributed by atoms with Gasteiger partial charge in [-0.15, -0.1) is 11.3 Å². The number of halogens is 3. The zero-order chi connectivity index (χ0) is 20.8. The molecule has 1 aliphatic heterocycles. The van der Waals surface area contributed by atoms with Crippen LogP contribution in [0, 0.1) is 5.92 Å². The van der Waals surface area contributed by atoms with E-state index in [0.29, 0.717) is 28.3 Å². The number of alkyl halides is 3. The molecule has 1 amide bonds. The van der Waals surface area contributed by atoms with Gasteiger partial charge in [0.2, 0.25) is 0 Å². The number of carbonyl (C=O) groups excluding carboxylic acids is 1. The van der Waals surface area contributed by atoms with Gasteiger partial charge in [0, 0.05) is 23.7 Å². The van der Waals surface area contributed by atoms with E-state index in [9.17, 15) is 26.4 Å². The van der Waals surface area contributed by atoms with E-state index in [1.165, 1.54) is 34.1 Å². The van der Waals surface area contributed by atoms with E-state index >= 15 is 0 Å². The SMILES string of the molecule is O=C(NC[C@@H]1CCS(=O)(=O)C1)c1csc2nc(-c3cccc(C(F)(F)F)c3)cn12. The van der Waals surface area contributed by atoms with Gasteiger partial charge in [0.15, 0.2) is 14.8 Å². The van der Waals surface area contributed by atoms with E-state index in [0.717, 1.165) is 12.1 Å². The second-order valence-corrected chi connectivity index (χ2v) is 10.0. The lowest BCUT2D eigenvalue weighted by Gasteiger charge is -2.09. The number of benzene rings is 1. The minimum atomic E-state index is -4.45. The van der Waals surface area contributed by atoms with Crippen LogP contribution in [-0.2, 0) is 16.0 Å². The van der Waals surface area contributed by atoms with Crippen molar-refractivity contribution in [1.82, 2.24) is 14.7 Å². The fourth-order valence-corrected chi connectivity index (χ4v) is 6.02. The third kappa shape index (κ3) is 4.15. The van der Waals surface area contributed by atoms with Crippen molar-refractivity contribution in [3.63, 3.8) is 0 Å². The Morgan fingerprint density at radius 2 is 2.14 bits per heavy atom. The molecule has 1 N–H and O–H groups in total. The Kier molecular flexibility index (Phi) is 4.89. The Morgan fingerprint density at radius 1 is 1.34 bits per heavy atom. The second kappa shape index (κ2) is 7.13. The lowest BCUT2D eigenvalue weighted by molar-refractivity contribution is -0.137. The first-order chi connectivity index (χ1) is 13.6. The van der Waals surface area contributed by atoms with Crippen LogP contribution in [0.25, 0.3) is 16.2 Å². The first-order valence-electron chi connectivity index (χ1n) is 8.75. The topological polar surface area (TPSA) is 80.5 Å². The first kappa shape index (κ1) is 19.9. The molecule has 6 nitrogen and oxygen atoms in total. The number of nitrogens with zero attached hydrogens (tertiary/aromatic N) is 2. The predicted molar refractivity (Wildman–Crippen MR) is 103 cm³/mol. The normalized spacial score (nSPS) is 18.9. The predicted octanol–water partition coefficient (Wildman–Crippen LogP) is 3.25. The molecule has 3 heterocycles. The molecule has 0 spiro atoms. The summed E-state index contributed by atoms with van der Waals surface area (Å²) in [7, 11) is -3.02. The van der Waals surface area contributed by atoms with Crippen molar-refractivity contribution in [2.45, 2.75) is 12.6 Å². The number of amides is 1. The highest BCUT2D eigenvalue weighted by atomic mass is 32.2. The van der Waals surface area contributed by atoms with Crippen LogP contribution in [0.2, 0.25) is 0 Å². The molecule has 1 fully saturated rings. The van der Waals surface area contributed by atoms with Gasteiger partial charge in [-0.2, -0.15) is 13.2 Å². The summed E-state index contributed by atoms with van der Waals surface area (Å²) in [5.41, 5.74) is 0.171. The van der Waals surface area contributed by atoms with Gasteiger partial charge in [0.05, 0.1) is 22.8 Å². The molecule has 0 saturated carbocycles. The molecule has 11 heteroatoms. The van der Waals surface area contributed by atoms with E-state index in [1.54, 1.807) is 5.38 Å². The molecule has 1 aromatic carbocycles. The molecule has 29 heavy (non-hydrogen) atoms. The number of rotatable bonds is 4. The van der Waals surface area contributed by atoms with Gasteiger partial charge in [-0.1, -0.05) is 12.1 Å². The van der Waals surface area contributed by atoms with Gasteiger partial charge in [-0.25, -0.2) is 13.4 Å². The van der Waals surface area contributed by atoms with Gasteiger partial charge < -0.3 is 5.32 Å². The average molecular weight is 443 g/mol. The number of fused-ring (bicyclic) bond motifs is 1. The zero-order valence-corrected chi connectivity index (χ0v) is 16.6. The molecule has 1 atom stereocenters. The first-order valence-corrected chi connectivity index (χ1v) is 11.5. The van der Waals surface area contributed by atoms with Crippen molar-refractivity contribution in [2.75, 3.05) is 18.1 Å². The number of thiazole rings is 1. The molecular weight excluding hydrogens is 427 g/mol. The number of carbonyl (C=O) groups is 1. The maximum absolute atomic E-state index is 12.9. The maximum Gasteiger partial charge on any atom is 0.416 e. The largest absolute Gasteiger partial charge is 0.416 e. The summed E-state index contributed by atoms with van der Waals surface area (Å²) >= 11 is 1.20. The Hall–Kier alpha value is -2.40. The van der Waals surface area contributed by atoms with E-state index in [-0.39, 0.29) is 29.9 Å². The lowest BCUT2D eigenvalue weighted by atomic mass is 10.1. The fourth-order valence-electron chi connectivity index (χ4n) is 3.30. The Balaban J connectivity index is 1.54. The molecular formula is C18H16F3N3O3S2. The van der Waals surface area contributed by atoms with E-state index in [4.69, 9.17) is 0 Å². The Bertz CT molecular complexity index is 1180. The van der Waals surface area contributed by atoms with E-state index < -0.39 is 21.6 Å². The van der Waals surface area contributed by atoms with Crippen molar-refractivity contribution in [3.8, 4) is 11.3 Å². The highest BCUT2D eigenvalue weighted by Crippen LogP contribution is 2.32. The number of imidazole rings is 1. The number of sulfone groups is 1. The Morgan fingerprint density at radius 3 is 2.83 bits per heavy atom. The third-order valence-electron chi connectivity index (χ3n) is 4.81. The molecule has 0 bridgehead atoms. The number of aromatic nitrogens is 2. The van der Waals surface area contributed by atoms with E-state index in [1.807, 2.05) is 0 Å². The minimum absolute atomic E-state index is 0.0666. The van der Waals surface area contributed by atoms with Crippen LogP contribution >= 0.6 is 11.3 Å². The number of hydrogen-bond donors (Lipinski definition) is 1. The van der Waals surface area contributed by atoms with Gasteiger partial charge in [-0.3, -0.25) is 9.20 Å². The van der Waals surface area contributed by atoms with Crippen LogP contribution in [0.1, 0.15) is 22.5 Å². The maximum atomic E-state index is 12.9.